The number of carbonyl (C=O) groups excluding carboxylic acids is 2. The summed E-state index contributed by atoms with van der Waals surface area (Å²) in [4.78, 5) is 26.4. The SMILES string of the molecule is O=C(CC1CCCCC1)Nc1ccc(NC(=O)CN2CCOCC2)cc1. The van der Waals surface area contributed by atoms with Gasteiger partial charge in [0.1, 0.15) is 0 Å². The highest BCUT2D eigenvalue weighted by Gasteiger charge is 2.17. The van der Waals surface area contributed by atoms with E-state index in [2.05, 4.69) is 15.5 Å². The molecule has 26 heavy (non-hydrogen) atoms. The molecule has 1 aliphatic carbocycles. The van der Waals surface area contributed by atoms with Gasteiger partial charge in [0.15, 0.2) is 0 Å². The van der Waals surface area contributed by atoms with Gasteiger partial charge in [0.05, 0.1) is 19.8 Å². The van der Waals surface area contributed by atoms with Crippen LogP contribution < -0.4 is 10.6 Å². The highest BCUT2D eigenvalue weighted by atomic mass is 16.5. The third kappa shape index (κ3) is 6.11. The molecule has 2 aliphatic rings. The highest BCUT2D eigenvalue weighted by molar-refractivity contribution is 5.93. The molecule has 1 saturated heterocycles. The number of carbonyl (C=O) groups is 2. The second kappa shape index (κ2) is 9.69. The summed E-state index contributed by atoms with van der Waals surface area (Å²) in [7, 11) is 0. The number of benzene rings is 1. The van der Waals surface area contributed by atoms with Crippen molar-refractivity contribution in [2.75, 3.05) is 43.5 Å². The minimum atomic E-state index is -0.0269. The van der Waals surface area contributed by atoms with Crippen LogP contribution >= 0.6 is 0 Å². The monoisotopic (exact) mass is 359 g/mol. The molecular weight excluding hydrogens is 330 g/mol. The van der Waals surface area contributed by atoms with Crippen LogP contribution in [0.3, 0.4) is 0 Å². The first-order chi connectivity index (χ1) is 12.7. The Bertz CT molecular complexity index is 538. The fraction of sp³-hybridized carbons (Fsp3) is 0.600. The van der Waals surface area contributed by atoms with Gasteiger partial charge in [-0.2, -0.15) is 0 Å². The van der Waals surface area contributed by atoms with Gasteiger partial charge in [-0.15, -0.1) is 0 Å². The zero-order valence-corrected chi connectivity index (χ0v) is 15.3. The van der Waals surface area contributed by atoms with Crippen LogP contribution in [0.1, 0.15) is 38.5 Å². The first-order valence-corrected chi connectivity index (χ1v) is 9.69. The lowest BCUT2D eigenvalue weighted by Gasteiger charge is -2.25. The van der Waals surface area contributed by atoms with Crippen LogP contribution in [0.2, 0.25) is 0 Å². The van der Waals surface area contributed by atoms with Crippen LogP contribution in [0.15, 0.2) is 24.3 Å². The normalized spacial score (nSPS) is 19.1. The maximum Gasteiger partial charge on any atom is 0.238 e. The first-order valence-electron chi connectivity index (χ1n) is 9.69. The first kappa shape index (κ1) is 18.9. The molecule has 6 nitrogen and oxygen atoms in total. The van der Waals surface area contributed by atoms with Gasteiger partial charge in [0.25, 0.3) is 0 Å². The Labute approximate surface area is 155 Å². The molecular formula is C20H29N3O3. The van der Waals surface area contributed by atoms with Gasteiger partial charge < -0.3 is 15.4 Å². The maximum absolute atomic E-state index is 12.2. The smallest absolute Gasteiger partial charge is 0.238 e. The molecule has 1 heterocycles. The van der Waals surface area contributed by atoms with Gasteiger partial charge in [-0.05, 0) is 43.0 Å². The van der Waals surface area contributed by atoms with Gasteiger partial charge in [-0.3, -0.25) is 14.5 Å². The van der Waals surface area contributed by atoms with E-state index in [9.17, 15) is 9.59 Å². The highest BCUT2D eigenvalue weighted by Crippen LogP contribution is 2.26. The summed E-state index contributed by atoms with van der Waals surface area (Å²) in [6.45, 7) is 3.33. The Hall–Kier alpha value is -1.92. The van der Waals surface area contributed by atoms with Crippen LogP contribution in [0.25, 0.3) is 0 Å². The summed E-state index contributed by atoms with van der Waals surface area (Å²) in [6, 6.07) is 7.33. The molecule has 1 aromatic carbocycles. The molecule has 0 bridgehead atoms. The second-order valence-electron chi connectivity index (χ2n) is 7.27. The minimum absolute atomic E-state index is 0.0269. The fourth-order valence-corrected chi connectivity index (χ4v) is 3.67. The van der Waals surface area contributed by atoms with E-state index in [1.54, 1.807) is 0 Å². The van der Waals surface area contributed by atoms with E-state index >= 15 is 0 Å². The van der Waals surface area contributed by atoms with Crippen molar-refractivity contribution < 1.29 is 14.3 Å². The summed E-state index contributed by atoms with van der Waals surface area (Å²) >= 11 is 0. The Balaban J connectivity index is 1.42. The summed E-state index contributed by atoms with van der Waals surface area (Å²) in [5.74, 6) is 0.587. The van der Waals surface area contributed by atoms with Crippen molar-refractivity contribution in [2.24, 2.45) is 5.92 Å². The molecule has 0 spiro atoms. The van der Waals surface area contributed by atoms with Crippen LogP contribution in [0.4, 0.5) is 11.4 Å². The molecule has 1 saturated carbocycles. The maximum atomic E-state index is 12.2. The van der Waals surface area contributed by atoms with Gasteiger partial charge in [-0.1, -0.05) is 19.3 Å². The van der Waals surface area contributed by atoms with Crippen molar-refractivity contribution >= 4 is 23.2 Å². The van der Waals surface area contributed by atoms with E-state index < -0.39 is 0 Å². The standard InChI is InChI=1S/C20H29N3O3/c24-19(14-16-4-2-1-3-5-16)21-17-6-8-18(9-7-17)22-20(25)15-23-10-12-26-13-11-23/h6-9,16H,1-5,10-15H2,(H,21,24)(H,22,25). The van der Waals surface area contributed by atoms with Crippen LogP contribution in [0.5, 0.6) is 0 Å². The molecule has 2 amide bonds. The lowest BCUT2D eigenvalue weighted by molar-refractivity contribution is -0.118. The Morgan fingerprint density at radius 3 is 2.12 bits per heavy atom. The van der Waals surface area contributed by atoms with Crippen LogP contribution in [-0.4, -0.2) is 49.6 Å². The molecule has 1 aromatic rings. The number of ether oxygens (including phenoxy) is 1. The molecule has 3 rings (SSSR count). The Morgan fingerprint density at radius 2 is 1.50 bits per heavy atom. The molecule has 1 aliphatic heterocycles. The average molecular weight is 359 g/mol. The van der Waals surface area contributed by atoms with E-state index in [0.29, 0.717) is 32.1 Å². The molecule has 0 atom stereocenters. The number of amides is 2. The lowest BCUT2D eigenvalue weighted by atomic mass is 9.87. The molecule has 0 aromatic heterocycles. The largest absolute Gasteiger partial charge is 0.379 e. The Morgan fingerprint density at radius 1 is 0.923 bits per heavy atom. The number of nitrogens with zero attached hydrogens (tertiary/aromatic N) is 1. The average Bonchev–Trinajstić information content (AvgIpc) is 2.65. The van der Waals surface area contributed by atoms with Gasteiger partial charge in [-0.25, -0.2) is 0 Å². The topological polar surface area (TPSA) is 70.7 Å². The van der Waals surface area contributed by atoms with Gasteiger partial charge in [0, 0.05) is 30.9 Å². The summed E-state index contributed by atoms with van der Waals surface area (Å²) < 4.78 is 5.28. The van der Waals surface area contributed by atoms with E-state index in [0.717, 1.165) is 24.5 Å². The number of hydrogen-bond acceptors (Lipinski definition) is 4. The predicted molar refractivity (Wildman–Crippen MR) is 102 cm³/mol. The molecule has 142 valence electrons. The van der Waals surface area contributed by atoms with Gasteiger partial charge >= 0.3 is 0 Å². The number of anilines is 2. The third-order valence-electron chi connectivity index (χ3n) is 5.12. The molecule has 6 heteroatoms. The van der Waals surface area contributed by atoms with Crippen LogP contribution in [-0.2, 0) is 14.3 Å². The summed E-state index contributed by atoms with van der Waals surface area (Å²) in [5, 5.41) is 5.86. The molecule has 2 N–H and O–H groups in total. The van der Waals surface area contributed by atoms with Crippen molar-refractivity contribution in [3.05, 3.63) is 24.3 Å². The van der Waals surface area contributed by atoms with Crippen LogP contribution in [0, 0.1) is 5.92 Å². The second-order valence-corrected chi connectivity index (χ2v) is 7.27. The Kier molecular flexibility index (Phi) is 7.03. The molecule has 0 radical (unpaired) electrons. The summed E-state index contributed by atoms with van der Waals surface area (Å²) in [6.07, 6.45) is 6.74. The van der Waals surface area contributed by atoms with Crippen molar-refractivity contribution in [2.45, 2.75) is 38.5 Å². The summed E-state index contributed by atoms with van der Waals surface area (Å²) in [5.41, 5.74) is 1.52. The number of morpholine rings is 1. The zero-order valence-electron chi connectivity index (χ0n) is 15.3. The van der Waals surface area contributed by atoms with Crippen molar-refractivity contribution in [3.8, 4) is 0 Å². The quantitative estimate of drug-likeness (QED) is 0.819. The molecule has 2 fully saturated rings. The van der Waals surface area contributed by atoms with Crippen molar-refractivity contribution in [3.63, 3.8) is 0 Å². The van der Waals surface area contributed by atoms with E-state index in [-0.39, 0.29) is 11.8 Å². The van der Waals surface area contributed by atoms with E-state index in [4.69, 9.17) is 4.74 Å². The predicted octanol–water partition coefficient (Wildman–Crippen LogP) is 2.87. The minimum Gasteiger partial charge on any atom is -0.379 e. The molecule has 0 unspecified atom stereocenters. The van der Waals surface area contributed by atoms with E-state index in [1.165, 1.54) is 32.1 Å². The third-order valence-corrected chi connectivity index (χ3v) is 5.12. The number of hydrogen-bond donors (Lipinski definition) is 2. The van der Waals surface area contributed by atoms with Crippen molar-refractivity contribution in [1.29, 1.82) is 0 Å². The van der Waals surface area contributed by atoms with E-state index in [1.807, 2.05) is 24.3 Å². The van der Waals surface area contributed by atoms with Crippen molar-refractivity contribution in [1.82, 2.24) is 4.90 Å². The number of nitrogens with one attached hydrogen (secondary N) is 2. The lowest BCUT2D eigenvalue weighted by Crippen LogP contribution is -2.41. The fourth-order valence-electron chi connectivity index (χ4n) is 3.67. The zero-order chi connectivity index (χ0) is 18.2. The van der Waals surface area contributed by atoms with Gasteiger partial charge in [0.2, 0.25) is 11.8 Å². The number of rotatable bonds is 6.